The number of aliphatic carboxylic acids is 1. The van der Waals surface area contributed by atoms with Gasteiger partial charge < -0.3 is 5.11 Å². The molecule has 0 aliphatic heterocycles. The van der Waals surface area contributed by atoms with Crippen molar-refractivity contribution in [3.05, 3.63) is 50.0 Å². The number of benzene rings is 1. The first-order chi connectivity index (χ1) is 9.40. The average Bonchev–Trinajstić information content (AvgIpc) is 2.37. The molecule has 2 aromatic rings. The van der Waals surface area contributed by atoms with Crippen LogP contribution in [0.25, 0.3) is 11.3 Å². The lowest BCUT2D eigenvalue weighted by atomic mass is 10.1. The van der Waals surface area contributed by atoms with Gasteiger partial charge in [-0.2, -0.15) is 0 Å². The highest BCUT2D eigenvalue weighted by Crippen LogP contribution is 2.39. The second-order valence-corrected chi connectivity index (χ2v) is 5.54. The lowest BCUT2D eigenvalue weighted by Gasteiger charge is -2.09. The summed E-state index contributed by atoms with van der Waals surface area (Å²) in [6.45, 7) is 0. The van der Waals surface area contributed by atoms with Gasteiger partial charge in [-0.05, 0) is 23.8 Å². The molecule has 1 aromatic heterocycles. The molecule has 7 heteroatoms. The number of rotatable bonds is 3. The minimum Gasteiger partial charge on any atom is -0.481 e. The van der Waals surface area contributed by atoms with Crippen LogP contribution < -0.4 is 0 Å². The molecule has 3 nitrogen and oxygen atoms in total. The van der Waals surface area contributed by atoms with E-state index in [1.807, 2.05) is 0 Å². The largest absolute Gasteiger partial charge is 0.481 e. The van der Waals surface area contributed by atoms with E-state index in [1.165, 1.54) is 12.3 Å². The summed E-state index contributed by atoms with van der Waals surface area (Å²) in [5.41, 5.74) is 1.46. The number of hydrogen-bond acceptors (Lipinski definition) is 2. The lowest BCUT2D eigenvalue weighted by Crippen LogP contribution is -2.01. The highest BCUT2D eigenvalue weighted by molar-refractivity contribution is 6.49. The van der Waals surface area contributed by atoms with Crippen molar-refractivity contribution in [2.24, 2.45) is 0 Å². The van der Waals surface area contributed by atoms with Gasteiger partial charge in [0.1, 0.15) is 0 Å². The van der Waals surface area contributed by atoms with Gasteiger partial charge in [0.2, 0.25) is 0 Å². The van der Waals surface area contributed by atoms with Gasteiger partial charge in [-0.15, -0.1) is 0 Å². The number of halogens is 4. The number of carbonyl (C=O) groups is 1. The molecule has 0 saturated heterocycles. The average molecular weight is 351 g/mol. The molecule has 0 aliphatic rings. The van der Waals surface area contributed by atoms with Crippen LogP contribution in [0.1, 0.15) is 5.56 Å². The molecule has 0 fully saturated rings. The highest BCUT2D eigenvalue weighted by Gasteiger charge is 2.15. The maximum absolute atomic E-state index is 10.6. The Hall–Kier alpha value is -1.000. The third kappa shape index (κ3) is 3.18. The number of pyridine rings is 1. The molecule has 0 aliphatic carbocycles. The quantitative estimate of drug-likeness (QED) is 0.793. The molecule has 0 spiro atoms. The first kappa shape index (κ1) is 15.4. The second-order valence-electron chi connectivity index (χ2n) is 3.97. The molecule has 104 valence electrons. The van der Waals surface area contributed by atoms with Gasteiger partial charge in [-0.25, -0.2) is 0 Å². The van der Waals surface area contributed by atoms with Gasteiger partial charge >= 0.3 is 5.97 Å². The van der Waals surface area contributed by atoms with Gasteiger partial charge in [-0.1, -0.05) is 46.4 Å². The highest BCUT2D eigenvalue weighted by atomic mass is 35.5. The minimum atomic E-state index is -0.955. The molecule has 2 rings (SSSR count). The zero-order valence-corrected chi connectivity index (χ0v) is 12.9. The van der Waals surface area contributed by atoms with Crippen LogP contribution in [0.2, 0.25) is 20.1 Å². The summed E-state index contributed by atoms with van der Waals surface area (Å²) in [7, 11) is 0. The minimum absolute atomic E-state index is 0.151. The van der Waals surface area contributed by atoms with Crippen LogP contribution in [0.4, 0.5) is 0 Å². The normalized spacial score (nSPS) is 10.6. The molecule has 1 heterocycles. The third-order valence-corrected chi connectivity index (χ3v) is 4.13. The fraction of sp³-hybridized carbons (Fsp3) is 0.0769. The van der Waals surface area contributed by atoms with Crippen LogP contribution >= 0.6 is 46.4 Å². The van der Waals surface area contributed by atoms with Crippen molar-refractivity contribution in [3.8, 4) is 11.3 Å². The summed E-state index contributed by atoms with van der Waals surface area (Å²) < 4.78 is 0. The molecule has 1 aromatic carbocycles. The van der Waals surface area contributed by atoms with Crippen molar-refractivity contribution in [3.63, 3.8) is 0 Å². The molecular weight excluding hydrogens is 344 g/mol. The standard InChI is InChI=1S/C13H7Cl4NO2/c14-8-2-1-7(11(16)12(8)17)13-9(15)3-6(5-18-13)4-10(19)20/h1-3,5H,4H2,(H,19,20). The zero-order chi connectivity index (χ0) is 14.9. The van der Waals surface area contributed by atoms with E-state index in [9.17, 15) is 4.79 Å². The van der Waals surface area contributed by atoms with E-state index >= 15 is 0 Å². The van der Waals surface area contributed by atoms with E-state index in [1.54, 1.807) is 12.1 Å². The Morgan fingerprint density at radius 3 is 2.40 bits per heavy atom. The lowest BCUT2D eigenvalue weighted by molar-refractivity contribution is -0.136. The van der Waals surface area contributed by atoms with Crippen molar-refractivity contribution < 1.29 is 9.90 Å². The summed E-state index contributed by atoms with van der Waals surface area (Å²) in [5, 5.41) is 9.83. The Labute approximate surface area is 135 Å². The SMILES string of the molecule is O=C(O)Cc1cnc(-c2ccc(Cl)c(Cl)c2Cl)c(Cl)c1. The number of nitrogens with zero attached hydrogens (tertiary/aromatic N) is 1. The number of hydrogen-bond donors (Lipinski definition) is 1. The molecule has 0 unspecified atom stereocenters. The maximum atomic E-state index is 10.6. The fourth-order valence-corrected chi connectivity index (χ4v) is 2.57. The van der Waals surface area contributed by atoms with Crippen molar-refractivity contribution in [1.29, 1.82) is 0 Å². The Kier molecular flexibility index (Phi) is 4.76. The van der Waals surface area contributed by atoms with E-state index in [-0.39, 0.29) is 16.5 Å². The van der Waals surface area contributed by atoms with Crippen molar-refractivity contribution in [1.82, 2.24) is 4.98 Å². The smallest absolute Gasteiger partial charge is 0.307 e. The summed E-state index contributed by atoms with van der Waals surface area (Å²) in [4.78, 5) is 14.8. The molecule has 0 amide bonds. The second kappa shape index (κ2) is 6.19. The topological polar surface area (TPSA) is 50.2 Å². The molecule has 1 N–H and O–H groups in total. The monoisotopic (exact) mass is 349 g/mol. The summed E-state index contributed by atoms with van der Waals surface area (Å²) >= 11 is 24.1. The number of aromatic nitrogens is 1. The van der Waals surface area contributed by atoms with Crippen molar-refractivity contribution in [2.45, 2.75) is 6.42 Å². The summed E-state index contributed by atoms with van der Waals surface area (Å²) in [6, 6.07) is 4.78. The van der Waals surface area contributed by atoms with E-state index in [0.29, 0.717) is 26.9 Å². The maximum Gasteiger partial charge on any atom is 0.307 e. The molecule has 0 bridgehead atoms. The first-order valence-corrected chi connectivity index (χ1v) is 6.91. The van der Waals surface area contributed by atoms with Crippen LogP contribution in [0.15, 0.2) is 24.4 Å². The molecular formula is C13H7Cl4NO2. The van der Waals surface area contributed by atoms with Crippen LogP contribution in [-0.2, 0) is 11.2 Å². The Balaban J connectivity index is 2.49. The summed E-state index contributed by atoms with van der Waals surface area (Å²) in [6.07, 6.45) is 1.29. The van der Waals surface area contributed by atoms with Crippen LogP contribution in [0.5, 0.6) is 0 Å². The third-order valence-electron chi connectivity index (χ3n) is 2.54. The Bertz CT molecular complexity index is 688. The predicted octanol–water partition coefficient (Wildman–Crippen LogP) is 4.99. The Morgan fingerprint density at radius 1 is 1.10 bits per heavy atom. The van der Waals surface area contributed by atoms with Crippen molar-refractivity contribution >= 4 is 52.4 Å². The van der Waals surface area contributed by atoms with Crippen LogP contribution in [0, 0.1) is 0 Å². The molecule has 0 saturated carbocycles. The molecule has 0 radical (unpaired) electrons. The van der Waals surface area contributed by atoms with Gasteiger partial charge in [0.05, 0.1) is 32.2 Å². The van der Waals surface area contributed by atoms with Crippen LogP contribution in [-0.4, -0.2) is 16.1 Å². The van der Waals surface area contributed by atoms with Gasteiger partial charge in [0.25, 0.3) is 0 Å². The van der Waals surface area contributed by atoms with E-state index in [0.717, 1.165) is 0 Å². The van der Waals surface area contributed by atoms with E-state index in [4.69, 9.17) is 51.5 Å². The first-order valence-electron chi connectivity index (χ1n) is 5.40. The Morgan fingerprint density at radius 2 is 1.80 bits per heavy atom. The summed E-state index contributed by atoms with van der Waals surface area (Å²) in [5.74, 6) is -0.955. The van der Waals surface area contributed by atoms with Gasteiger partial charge in [0, 0.05) is 11.8 Å². The number of carboxylic acids is 1. The van der Waals surface area contributed by atoms with E-state index in [2.05, 4.69) is 4.98 Å². The fourth-order valence-electron chi connectivity index (χ4n) is 1.66. The van der Waals surface area contributed by atoms with Crippen LogP contribution in [0.3, 0.4) is 0 Å². The zero-order valence-electron chi connectivity index (χ0n) is 9.83. The van der Waals surface area contributed by atoms with Gasteiger partial charge in [-0.3, -0.25) is 9.78 Å². The molecule has 0 atom stereocenters. The molecule has 20 heavy (non-hydrogen) atoms. The van der Waals surface area contributed by atoms with E-state index < -0.39 is 5.97 Å². The number of carboxylic acid groups (broad SMARTS) is 1. The predicted molar refractivity (Wildman–Crippen MR) is 81.1 cm³/mol. The van der Waals surface area contributed by atoms with Gasteiger partial charge in [0.15, 0.2) is 0 Å². The van der Waals surface area contributed by atoms with Crippen molar-refractivity contribution in [2.75, 3.05) is 0 Å².